The van der Waals surface area contributed by atoms with Gasteiger partial charge in [0.2, 0.25) is 0 Å². The van der Waals surface area contributed by atoms with Crippen molar-refractivity contribution in [1.82, 2.24) is 14.9 Å². The van der Waals surface area contributed by atoms with Crippen molar-refractivity contribution in [2.45, 2.75) is 12.0 Å². The van der Waals surface area contributed by atoms with Crippen LogP contribution >= 0.6 is 0 Å². The molecule has 0 saturated heterocycles. The summed E-state index contributed by atoms with van der Waals surface area (Å²) >= 11 is 0. The number of nitrogens with zero attached hydrogens (tertiary/aromatic N) is 4. The van der Waals surface area contributed by atoms with Crippen LogP contribution in [0.15, 0.2) is 84.6 Å². The van der Waals surface area contributed by atoms with Crippen molar-refractivity contribution in [2.24, 2.45) is 0 Å². The highest BCUT2D eigenvalue weighted by atomic mass is 16.6. The first-order chi connectivity index (χ1) is 11.8. The van der Waals surface area contributed by atoms with Crippen LogP contribution in [0.5, 0.6) is 0 Å². The van der Waals surface area contributed by atoms with Gasteiger partial charge in [0.05, 0.1) is 22.4 Å². The minimum atomic E-state index is -0.488. The van der Waals surface area contributed by atoms with Crippen molar-refractivity contribution in [3.05, 3.63) is 106 Å². The van der Waals surface area contributed by atoms with Crippen LogP contribution in [0.25, 0.3) is 0 Å². The van der Waals surface area contributed by atoms with E-state index in [1.165, 1.54) is 0 Å². The van der Waals surface area contributed by atoms with Crippen LogP contribution in [0.3, 0.4) is 0 Å². The Morgan fingerprint density at radius 1 is 1.00 bits per heavy atom. The summed E-state index contributed by atoms with van der Waals surface area (Å²) in [5, 5.41) is 11.8. The molecule has 0 amide bonds. The molecule has 118 valence electrons. The maximum absolute atomic E-state index is 11.8. The van der Waals surface area contributed by atoms with E-state index >= 15 is 0 Å². The molecule has 2 aromatic rings. The van der Waals surface area contributed by atoms with E-state index < -0.39 is 5.92 Å². The van der Waals surface area contributed by atoms with Gasteiger partial charge in [-0.25, -0.2) is 0 Å². The molecule has 6 nitrogen and oxygen atoms in total. The van der Waals surface area contributed by atoms with Gasteiger partial charge < -0.3 is 4.90 Å². The minimum Gasteiger partial charge on any atom is -0.332 e. The Balaban J connectivity index is 1.93. The number of hydrogen-bond donors (Lipinski definition) is 0. The third-order valence-electron chi connectivity index (χ3n) is 4.26. The molecule has 6 heteroatoms. The third-order valence-corrected chi connectivity index (χ3v) is 4.26. The maximum Gasteiger partial charge on any atom is 0.281 e. The molecule has 2 atom stereocenters. The first-order valence-electron chi connectivity index (χ1n) is 7.61. The van der Waals surface area contributed by atoms with Crippen molar-refractivity contribution in [3.8, 4) is 0 Å². The fourth-order valence-corrected chi connectivity index (χ4v) is 3.32. The van der Waals surface area contributed by atoms with Gasteiger partial charge in [-0.3, -0.25) is 20.1 Å². The predicted octanol–water partition coefficient (Wildman–Crippen LogP) is 3.19. The van der Waals surface area contributed by atoms with Gasteiger partial charge in [0.1, 0.15) is 11.6 Å². The second kappa shape index (κ2) is 5.73. The molecular formula is C18H14N4O2. The monoisotopic (exact) mass is 318 g/mol. The minimum absolute atomic E-state index is 0.157. The number of nitro groups is 1. The summed E-state index contributed by atoms with van der Waals surface area (Å²) in [5.41, 5.74) is 2.20. The lowest BCUT2D eigenvalue weighted by molar-refractivity contribution is -0.430. The number of pyridine rings is 2. The summed E-state index contributed by atoms with van der Waals surface area (Å²) in [4.78, 5) is 22.3. The van der Waals surface area contributed by atoms with Gasteiger partial charge in [0, 0.05) is 18.6 Å². The Hall–Kier alpha value is -3.28. The van der Waals surface area contributed by atoms with Gasteiger partial charge in [-0.1, -0.05) is 18.2 Å². The van der Waals surface area contributed by atoms with E-state index in [2.05, 4.69) is 9.97 Å². The Labute approximate surface area is 138 Å². The van der Waals surface area contributed by atoms with E-state index in [0.29, 0.717) is 11.4 Å². The van der Waals surface area contributed by atoms with Crippen molar-refractivity contribution in [1.29, 1.82) is 0 Å². The molecular weight excluding hydrogens is 304 g/mol. The summed E-state index contributed by atoms with van der Waals surface area (Å²) in [5.74, 6) is -0.488. The zero-order chi connectivity index (χ0) is 16.5. The smallest absolute Gasteiger partial charge is 0.281 e. The van der Waals surface area contributed by atoms with Crippen LogP contribution in [-0.4, -0.2) is 19.8 Å². The molecule has 0 N–H and O–H groups in total. The largest absolute Gasteiger partial charge is 0.332 e. The van der Waals surface area contributed by atoms with E-state index in [9.17, 15) is 10.1 Å². The van der Waals surface area contributed by atoms with Gasteiger partial charge in [0.25, 0.3) is 5.70 Å². The van der Waals surface area contributed by atoms with Gasteiger partial charge in [-0.15, -0.1) is 0 Å². The molecule has 4 rings (SSSR count). The molecule has 2 aliphatic heterocycles. The van der Waals surface area contributed by atoms with Gasteiger partial charge in [-0.2, -0.15) is 0 Å². The lowest BCUT2D eigenvalue weighted by Crippen LogP contribution is -2.23. The third kappa shape index (κ3) is 2.20. The molecule has 0 aromatic carbocycles. The summed E-state index contributed by atoms with van der Waals surface area (Å²) < 4.78 is 0. The van der Waals surface area contributed by atoms with Gasteiger partial charge in [-0.05, 0) is 36.4 Å². The molecule has 4 heterocycles. The standard InChI is InChI=1S/C18H14N4O2/c23-22(24)18-15-9-3-6-12-21(15)17(14-8-2-5-11-20-14)16(18)13-7-1-4-10-19-13/h1-12,16-17H. The normalized spacial score (nSPS) is 21.9. The Bertz CT molecular complexity index is 859. The zero-order valence-electron chi connectivity index (χ0n) is 12.7. The van der Waals surface area contributed by atoms with Crippen LogP contribution in [-0.2, 0) is 0 Å². The van der Waals surface area contributed by atoms with Crippen molar-refractivity contribution in [2.75, 3.05) is 0 Å². The second-order valence-electron chi connectivity index (χ2n) is 5.57. The number of aromatic nitrogens is 2. The fourth-order valence-electron chi connectivity index (χ4n) is 3.32. The molecule has 0 aliphatic carbocycles. The molecule has 2 unspecified atom stereocenters. The van der Waals surface area contributed by atoms with E-state index in [1.807, 2.05) is 53.6 Å². The summed E-state index contributed by atoms with van der Waals surface area (Å²) in [6, 6.07) is 10.8. The van der Waals surface area contributed by atoms with E-state index in [4.69, 9.17) is 0 Å². The van der Waals surface area contributed by atoms with Gasteiger partial charge >= 0.3 is 0 Å². The highest BCUT2D eigenvalue weighted by molar-refractivity contribution is 5.43. The first kappa shape index (κ1) is 14.3. The number of allylic oxidation sites excluding steroid dienone is 3. The van der Waals surface area contributed by atoms with Crippen LogP contribution in [0, 0.1) is 10.1 Å². The summed E-state index contributed by atoms with van der Waals surface area (Å²) in [6.07, 6.45) is 10.7. The molecule has 0 fully saturated rings. The quantitative estimate of drug-likeness (QED) is 0.642. The van der Waals surface area contributed by atoms with Gasteiger partial charge in [0.15, 0.2) is 0 Å². The molecule has 0 saturated carbocycles. The van der Waals surface area contributed by atoms with Crippen LogP contribution in [0.2, 0.25) is 0 Å². The number of hydrogen-bond acceptors (Lipinski definition) is 5. The second-order valence-corrected chi connectivity index (χ2v) is 5.57. The topological polar surface area (TPSA) is 72.2 Å². The molecule has 24 heavy (non-hydrogen) atoms. The molecule has 0 spiro atoms. The Morgan fingerprint density at radius 2 is 1.71 bits per heavy atom. The number of rotatable bonds is 3. The van der Waals surface area contributed by atoms with E-state index in [0.717, 1.165) is 5.69 Å². The summed E-state index contributed by atoms with van der Waals surface area (Å²) in [6.45, 7) is 0. The molecule has 0 bridgehead atoms. The van der Waals surface area contributed by atoms with Crippen molar-refractivity contribution >= 4 is 0 Å². The lowest BCUT2D eigenvalue weighted by Gasteiger charge is -2.27. The van der Waals surface area contributed by atoms with E-state index in [-0.39, 0.29) is 16.7 Å². The average molecular weight is 318 g/mol. The number of fused-ring (bicyclic) bond motifs is 1. The van der Waals surface area contributed by atoms with Crippen LogP contribution in [0.1, 0.15) is 23.3 Å². The molecule has 2 aliphatic rings. The van der Waals surface area contributed by atoms with E-state index in [1.54, 1.807) is 24.5 Å². The SMILES string of the molecule is O=[N+]([O-])C1=C2C=CC=CN2C(c2ccccn2)C1c1ccccn1. The molecule has 0 radical (unpaired) electrons. The highest BCUT2D eigenvalue weighted by Gasteiger charge is 2.49. The Morgan fingerprint density at radius 3 is 2.33 bits per heavy atom. The van der Waals surface area contributed by atoms with Crippen LogP contribution in [0.4, 0.5) is 0 Å². The lowest BCUT2D eigenvalue weighted by atomic mass is 9.92. The Kier molecular flexibility index (Phi) is 3.42. The van der Waals surface area contributed by atoms with Crippen molar-refractivity contribution < 1.29 is 4.92 Å². The summed E-state index contributed by atoms with van der Waals surface area (Å²) in [7, 11) is 0. The van der Waals surface area contributed by atoms with Crippen molar-refractivity contribution in [3.63, 3.8) is 0 Å². The predicted molar refractivity (Wildman–Crippen MR) is 88.1 cm³/mol. The zero-order valence-corrected chi connectivity index (χ0v) is 12.7. The molecule has 2 aromatic heterocycles. The highest BCUT2D eigenvalue weighted by Crippen LogP contribution is 2.49. The maximum atomic E-state index is 11.8. The van der Waals surface area contributed by atoms with Crippen LogP contribution < -0.4 is 0 Å². The first-order valence-corrected chi connectivity index (χ1v) is 7.61. The fraction of sp³-hybridized carbons (Fsp3) is 0.111. The average Bonchev–Trinajstić information content (AvgIpc) is 2.98.